The van der Waals surface area contributed by atoms with Gasteiger partial charge in [0.2, 0.25) is 0 Å². The first-order chi connectivity index (χ1) is 7.43. The Kier molecular flexibility index (Phi) is 4.89. The van der Waals surface area contributed by atoms with Gasteiger partial charge in [0.25, 0.3) is 0 Å². The monoisotopic (exact) mass is 242 g/mol. The maximum Gasteiger partial charge on any atom is 0.0981 e. The second-order valence-electron chi connectivity index (χ2n) is 5.12. The van der Waals surface area contributed by atoms with Gasteiger partial charge in [-0.3, -0.25) is 0 Å². The fourth-order valence-corrected chi connectivity index (χ4v) is 2.24. The summed E-state index contributed by atoms with van der Waals surface area (Å²) in [4.78, 5) is 5.74. The van der Waals surface area contributed by atoms with Gasteiger partial charge in [-0.1, -0.05) is 20.8 Å². The van der Waals surface area contributed by atoms with Crippen molar-refractivity contribution in [3.63, 3.8) is 0 Å². The highest BCUT2D eigenvalue weighted by Gasteiger charge is 2.17. The van der Waals surface area contributed by atoms with Crippen LogP contribution < -0.4 is 5.32 Å². The van der Waals surface area contributed by atoms with Gasteiger partial charge in [-0.25, -0.2) is 4.98 Å². The molecule has 0 saturated carbocycles. The number of methoxy groups -OCH3 is 1. The Hall–Kier alpha value is -0.450. The summed E-state index contributed by atoms with van der Waals surface area (Å²) < 4.78 is 5.08. The quantitative estimate of drug-likeness (QED) is 0.861. The van der Waals surface area contributed by atoms with Crippen LogP contribution in [-0.2, 0) is 16.7 Å². The van der Waals surface area contributed by atoms with E-state index in [2.05, 4.69) is 38.0 Å². The zero-order valence-corrected chi connectivity index (χ0v) is 11.6. The molecule has 0 fully saturated rings. The third kappa shape index (κ3) is 4.20. The second kappa shape index (κ2) is 5.75. The van der Waals surface area contributed by atoms with Crippen LogP contribution in [-0.4, -0.2) is 24.7 Å². The fourth-order valence-electron chi connectivity index (χ4n) is 1.32. The van der Waals surface area contributed by atoms with Gasteiger partial charge in [0.15, 0.2) is 0 Å². The Morgan fingerprint density at radius 1 is 1.50 bits per heavy atom. The average Bonchev–Trinajstić information content (AvgIpc) is 2.63. The van der Waals surface area contributed by atoms with E-state index in [1.807, 2.05) is 6.20 Å². The number of aromatic nitrogens is 1. The van der Waals surface area contributed by atoms with Gasteiger partial charge in [-0.2, -0.15) is 0 Å². The SMILES string of the molecule is COCC(C)NCc1cnc(C(C)(C)C)s1. The first-order valence-corrected chi connectivity index (χ1v) is 6.42. The van der Waals surface area contributed by atoms with E-state index in [0.29, 0.717) is 6.04 Å². The molecule has 0 bridgehead atoms. The highest BCUT2D eigenvalue weighted by molar-refractivity contribution is 7.11. The minimum Gasteiger partial charge on any atom is -0.383 e. The van der Waals surface area contributed by atoms with E-state index in [0.717, 1.165) is 13.2 Å². The summed E-state index contributed by atoms with van der Waals surface area (Å²) in [6.07, 6.45) is 1.97. The van der Waals surface area contributed by atoms with E-state index >= 15 is 0 Å². The van der Waals surface area contributed by atoms with Crippen molar-refractivity contribution < 1.29 is 4.74 Å². The first-order valence-electron chi connectivity index (χ1n) is 5.61. The molecule has 0 amide bonds. The van der Waals surface area contributed by atoms with E-state index in [9.17, 15) is 0 Å². The molecule has 92 valence electrons. The van der Waals surface area contributed by atoms with Crippen molar-refractivity contribution in [1.82, 2.24) is 10.3 Å². The molecule has 1 N–H and O–H groups in total. The van der Waals surface area contributed by atoms with Crippen LogP contribution in [0, 0.1) is 0 Å². The molecule has 0 saturated heterocycles. The lowest BCUT2D eigenvalue weighted by molar-refractivity contribution is 0.172. The Labute approximate surface area is 102 Å². The summed E-state index contributed by atoms with van der Waals surface area (Å²) in [5.74, 6) is 0. The van der Waals surface area contributed by atoms with Crippen LogP contribution in [0.5, 0.6) is 0 Å². The molecule has 0 spiro atoms. The van der Waals surface area contributed by atoms with Crippen molar-refractivity contribution in [3.8, 4) is 0 Å². The number of thiazole rings is 1. The maximum atomic E-state index is 5.08. The minimum atomic E-state index is 0.154. The highest BCUT2D eigenvalue weighted by atomic mass is 32.1. The molecule has 16 heavy (non-hydrogen) atoms. The van der Waals surface area contributed by atoms with Crippen LogP contribution in [0.2, 0.25) is 0 Å². The molecule has 1 heterocycles. The van der Waals surface area contributed by atoms with Gasteiger partial charge >= 0.3 is 0 Å². The number of hydrogen-bond acceptors (Lipinski definition) is 4. The van der Waals surface area contributed by atoms with E-state index in [4.69, 9.17) is 4.74 Å². The molecular formula is C12H22N2OS. The lowest BCUT2D eigenvalue weighted by Gasteiger charge is -2.13. The van der Waals surface area contributed by atoms with Gasteiger partial charge in [0, 0.05) is 36.2 Å². The van der Waals surface area contributed by atoms with Crippen LogP contribution in [0.25, 0.3) is 0 Å². The molecule has 0 aliphatic rings. The standard InChI is InChI=1S/C12H22N2OS/c1-9(8-15-5)13-6-10-7-14-11(16-10)12(2,3)4/h7,9,13H,6,8H2,1-5H3. The van der Waals surface area contributed by atoms with Crippen LogP contribution in [0.3, 0.4) is 0 Å². The topological polar surface area (TPSA) is 34.1 Å². The number of rotatable bonds is 5. The summed E-state index contributed by atoms with van der Waals surface area (Å²) in [6.45, 7) is 10.3. The molecular weight excluding hydrogens is 220 g/mol. The normalized spacial score (nSPS) is 14.1. The van der Waals surface area contributed by atoms with Crippen molar-refractivity contribution in [2.45, 2.75) is 45.7 Å². The third-order valence-corrected chi connectivity index (χ3v) is 3.66. The van der Waals surface area contributed by atoms with Crippen molar-refractivity contribution >= 4 is 11.3 Å². The largest absolute Gasteiger partial charge is 0.383 e. The first kappa shape index (κ1) is 13.6. The number of nitrogens with one attached hydrogen (secondary N) is 1. The molecule has 3 nitrogen and oxygen atoms in total. The van der Waals surface area contributed by atoms with Gasteiger partial charge < -0.3 is 10.1 Å². The van der Waals surface area contributed by atoms with Gasteiger partial charge in [-0.15, -0.1) is 11.3 Å². The van der Waals surface area contributed by atoms with Crippen LogP contribution in [0.1, 0.15) is 37.6 Å². The lowest BCUT2D eigenvalue weighted by atomic mass is 9.98. The van der Waals surface area contributed by atoms with Crippen LogP contribution in [0.4, 0.5) is 0 Å². The molecule has 0 radical (unpaired) electrons. The average molecular weight is 242 g/mol. The summed E-state index contributed by atoms with van der Waals surface area (Å²) >= 11 is 1.79. The summed E-state index contributed by atoms with van der Waals surface area (Å²) in [5.41, 5.74) is 0.154. The number of nitrogens with zero attached hydrogens (tertiary/aromatic N) is 1. The zero-order chi connectivity index (χ0) is 12.2. The second-order valence-corrected chi connectivity index (χ2v) is 6.23. The molecule has 1 aromatic heterocycles. The number of hydrogen-bond donors (Lipinski definition) is 1. The molecule has 1 aromatic rings. The van der Waals surface area contributed by atoms with Crippen molar-refractivity contribution in [2.24, 2.45) is 0 Å². The molecule has 0 aliphatic heterocycles. The Morgan fingerprint density at radius 3 is 2.69 bits per heavy atom. The van der Waals surface area contributed by atoms with Crippen molar-refractivity contribution in [2.75, 3.05) is 13.7 Å². The van der Waals surface area contributed by atoms with E-state index < -0.39 is 0 Å². The molecule has 1 unspecified atom stereocenters. The summed E-state index contributed by atoms with van der Waals surface area (Å²) in [7, 11) is 1.72. The summed E-state index contributed by atoms with van der Waals surface area (Å²) in [5, 5.41) is 4.61. The molecule has 1 atom stereocenters. The Balaban J connectivity index is 2.47. The van der Waals surface area contributed by atoms with E-state index in [1.165, 1.54) is 9.88 Å². The highest BCUT2D eigenvalue weighted by Crippen LogP contribution is 2.26. The molecule has 0 aliphatic carbocycles. The predicted octanol–water partition coefficient (Wildman–Crippen LogP) is 2.57. The van der Waals surface area contributed by atoms with Gasteiger partial charge in [0.05, 0.1) is 11.6 Å². The lowest BCUT2D eigenvalue weighted by Crippen LogP contribution is -2.29. The smallest absolute Gasteiger partial charge is 0.0981 e. The zero-order valence-electron chi connectivity index (χ0n) is 10.8. The maximum absolute atomic E-state index is 5.08. The van der Waals surface area contributed by atoms with Crippen molar-refractivity contribution in [1.29, 1.82) is 0 Å². The van der Waals surface area contributed by atoms with E-state index in [-0.39, 0.29) is 5.41 Å². The molecule has 4 heteroatoms. The Bertz CT molecular complexity index is 317. The van der Waals surface area contributed by atoms with Crippen LogP contribution in [0.15, 0.2) is 6.20 Å². The third-order valence-electron chi connectivity index (χ3n) is 2.24. The Morgan fingerprint density at radius 2 is 2.19 bits per heavy atom. The molecule has 0 aromatic carbocycles. The van der Waals surface area contributed by atoms with E-state index in [1.54, 1.807) is 18.4 Å². The van der Waals surface area contributed by atoms with Gasteiger partial charge in [0.1, 0.15) is 0 Å². The predicted molar refractivity (Wildman–Crippen MR) is 69.0 cm³/mol. The fraction of sp³-hybridized carbons (Fsp3) is 0.750. The molecule has 1 rings (SSSR count). The summed E-state index contributed by atoms with van der Waals surface area (Å²) in [6, 6.07) is 0.380. The van der Waals surface area contributed by atoms with Crippen molar-refractivity contribution in [3.05, 3.63) is 16.1 Å². The number of ether oxygens (including phenoxy) is 1. The van der Waals surface area contributed by atoms with Gasteiger partial charge in [-0.05, 0) is 6.92 Å². The van der Waals surface area contributed by atoms with Crippen LogP contribution >= 0.6 is 11.3 Å². The minimum absolute atomic E-state index is 0.154.